The molecule has 0 bridgehead atoms. The highest BCUT2D eigenvalue weighted by atomic mass is 16.6. The highest BCUT2D eigenvalue weighted by Gasteiger charge is 2.40. The fourth-order valence-corrected chi connectivity index (χ4v) is 6.82. The van der Waals surface area contributed by atoms with Crippen LogP contribution < -0.4 is 5.32 Å². The van der Waals surface area contributed by atoms with Crippen molar-refractivity contribution >= 4 is 29.6 Å². The lowest BCUT2D eigenvalue weighted by molar-refractivity contribution is -0.140. The van der Waals surface area contributed by atoms with E-state index in [4.69, 9.17) is 4.74 Å². The second-order valence-corrected chi connectivity index (χ2v) is 14.4. The molecule has 1 aliphatic heterocycles. The average Bonchev–Trinajstić information content (AvgIpc) is 3.75. The fraction of sp³-hybridized carbons (Fsp3) is 0.568. The minimum absolute atomic E-state index is 0.00762. The van der Waals surface area contributed by atoms with Crippen LogP contribution in [-0.4, -0.2) is 103 Å². The minimum atomic E-state index is -0.839. The third-order valence-electron chi connectivity index (χ3n) is 9.67. The molecule has 3 heterocycles. The number of imidazole rings is 1. The summed E-state index contributed by atoms with van der Waals surface area (Å²) in [6.07, 6.45) is 11.5. The molecule has 49 heavy (non-hydrogen) atoms. The summed E-state index contributed by atoms with van der Waals surface area (Å²) in [5.74, 6) is -0.289. The Morgan fingerprint density at radius 3 is 2.45 bits per heavy atom. The molecule has 2 aromatic heterocycles. The monoisotopic (exact) mass is 673 g/mol. The summed E-state index contributed by atoms with van der Waals surface area (Å²) in [5, 5.41) is 3.07. The summed E-state index contributed by atoms with van der Waals surface area (Å²) < 4.78 is 7.21. The zero-order valence-corrected chi connectivity index (χ0v) is 29.5. The van der Waals surface area contributed by atoms with Crippen LogP contribution in [0.2, 0.25) is 0 Å². The normalized spacial score (nSPS) is 18.1. The molecule has 3 atom stereocenters. The van der Waals surface area contributed by atoms with E-state index >= 15 is 0 Å². The summed E-state index contributed by atoms with van der Waals surface area (Å²) in [6, 6.07) is 10.0. The van der Waals surface area contributed by atoms with E-state index in [1.807, 2.05) is 41.4 Å². The first-order valence-corrected chi connectivity index (χ1v) is 17.6. The number of likely N-dealkylation sites (tertiary alicyclic amines) is 1. The van der Waals surface area contributed by atoms with Gasteiger partial charge in [-0.25, -0.2) is 14.8 Å². The second-order valence-electron chi connectivity index (χ2n) is 14.4. The van der Waals surface area contributed by atoms with E-state index in [0.29, 0.717) is 37.5 Å². The molecule has 12 nitrogen and oxygen atoms in total. The Kier molecular flexibility index (Phi) is 11.6. The van der Waals surface area contributed by atoms with Crippen LogP contribution in [0.25, 0.3) is 5.78 Å². The van der Waals surface area contributed by atoms with Gasteiger partial charge >= 0.3 is 6.09 Å². The number of nitrogens with zero attached hydrogens (tertiary/aromatic N) is 6. The first-order valence-electron chi connectivity index (χ1n) is 17.6. The highest BCUT2D eigenvalue weighted by Crippen LogP contribution is 2.30. The molecule has 5 rings (SSSR count). The van der Waals surface area contributed by atoms with Crippen molar-refractivity contribution in [3.8, 4) is 0 Å². The van der Waals surface area contributed by atoms with E-state index in [1.54, 1.807) is 55.5 Å². The zero-order valence-electron chi connectivity index (χ0n) is 29.5. The van der Waals surface area contributed by atoms with E-state index < -0.39 is 29.7 Å². The van der Waals surface area contributed by atoms with Crippen LogP contribution in [0.3, 0.4) is 0 Å². The van der Waals surface area contributed by atoms with Crippen LogP contribution in [0.1, 0.15) is 88.7 Å². The summed E-state index contributed by atoms with van der Waals surface area (Å²) in [7, 11) is 1.53. The van der Waals surface area contributed by atoms with Gasteiger partial charge in [-0.05, 0) is 77.3 Å². The van der Waals surface area contributed by atoms with Crippen LogP contribution >= 0.6 is 0 Å². The molecule has 264 valence electrons. The lowest BCUT2D eigenvalue weighted by atomic mass is 9.83. The van der Waals surface area contributed by atoms with E-state index in [-0.39, 0.29) is 23.8 Å². The Hall–Kier alpha value is -4.48. The van der Waals surface area contributed by atoms with Gasteiger partial charge < -0.3 is 19.9 Å². The minimum Gasteiger partial charge on any atom is -0.444 e. The van der Waals surface area contributed by atoms with Gasteiger partial charge in [-0.15, -0.1) is 0 Å². The van der Waals surface area contributed by atoms with Gasteiger partial charge in [0.2, 0.25) is 17.6 Å². The number of amides is 4. The first kappa shape index (κ1) is 35.8. The van der Waals surface area contributed by atoms with Gasteiger partial charge in [0.15, 0.2) is 0 Å². The Bertz CT molecular complexity index is 1560. The Labute approximate surface area is 289 Å². The number of rotatable bonds is 11. The maximum Gasteiger partial charge on any atom is 0.410 e. The number of hydrogen-bond acceptors (Lipinski definition) is 7. The molecule has 0 unspecified atom stereocenters. The van der Waals surface area contributed by atoms with Gasteiger partial charge in [-0.1, -0.05) is 49.6 Å². The van der Waals surface area contributed by atoms with Crippen molar-refractivity contribution in [2.45, 2.75) is 103 Å². The molecule has 2 fully saturated rings. The third kappa shape index (κ3) is 9.16. The van der Waals surface area contributed by atoms with Crippen molar-refractivity contribution in [2.24, 2.45) is 5.92 Å². The number of ether oxygens (including phenoxy) is 1. The van der Waals surface area contributed by atoms with Crippen molar-refractivity contribution in [1.29, 1.82) is 0 Å². The number of carbonyl (C=O) groups excluding carboxylic acids is 4. The molecule has 0 radical (unpaired) electrons. The summed E-state index contributed by atoms with van der Waals surface area (Å²) in [5.41, 5.74) is 0.714. The number of nitrogens with one attached hydrogen (secondary N) is 1. The van der Waals surface area contributed by atoms with Crippen molar-refractivity contribution < 1.29 is 23.9 Å². The lowest BCUT2D eigenvalue weighted by Gasteiger charge is -2.37. The Balaban J connectivity index is 1.34. The number of fused-ring (bicyclic) bond motifs is 1. The quantitative estimate of drug-likeness (QED) is 0.312. The maximum atomic E-state index is 14.5. The van der Waals surface area contributed by atoms with Gasteiger partial charge in [0.1, 0.15) is 23.4 Å². The van der Waals surface area contributed by atoms with Crippen molar-refractivity contribution in [3.63, 3.8) is 0 Å². The van der Waals surface area contributed by atoms with Crippen molar-refractivity contribution in [1.82, 2.24) is 34.4 Å². The van der Waals surface area contributed by atoms with Gasteiger partial charge in [0.25, 0.3) is 5.91 Å². The predicted octanol–water partition coefficient (Wildman–Crippen LogP) is 4.73. The molecular weight excluding hydrogens is 622 g/mol. The molecule has 1 saturated carbocycles. The highest BCUT2D eigenvalue weighted by molar-refractivity contribution is 5.93. The number of benzene rings is 1. The number of aromatic nitrogens is 3. The molecule has 0 spiro atoms. The molecule has 2 aliphatic rings. The average molecular weight is 674 g/mol. The summed E-state index contributed by atoms with van der Waals surface area (Å²) in [6.45, 7) is 8.33. The standard InChI is InChI=1S/C37H51N7O5/c1-26(41(5)36(48)49-37(2,3)4)32(45)40-31(28-16-10-7-11-17-28)34(47)44-22-12-18-29(44)24-42(23-19-27-14-8-6-9-15-27)33(46)30-25-43-21-13-20-38-35(43)39-30/h6,8-9,13-15,20-21,25-26,28-29,31H,7,10-12,16-19,22-24H2,1-5H3,(H,40,45)/t26-,29-,31-/m0/s1. The molecule has 1 saturated heterocycles. The lowest BCUT2D eigenvalue weighted by Crippen LogP contribution is -2.58. The van der Waals surface area contributed by atoms with Gasteiger partial charge in [0.05, 0.1) is 0 Å². The van der Waals surface area contributed by atoms with Crippen LogP contribution in [0.5, 0.6) is 0 Å². The van der Waals surface area contributed by atoms with E-state index in [9.17, 15) is 19.2 Å². The smallest absolute Gasteiger partial charge is 0.410 e. The van der Waals surface area contributed by atoms with E-state index in [0.717, 1.165) is 50.5 Å². The van der Waals surface area contributed by atoms with Crippen LogP contribution in [-0.2, 0) is 20.7 Å². The summed E-state index contributed by atoms with van der Waals surface area (Å²) >= 11 is 0. The number of hydrogen-bond donors (Lipinski definition) is 1. The molecule has 1 aliphatic carbocycles. The van der Waals surface area contributed by atoms with Gasteiger partial charge in [-0.3, -0.25) is 23.7 Å². The molecule has 3 aromatic rings. The molecule has 12 heteroatoms. The SMILES string of the molecule is C[C@@H](C(=O)N[C@H](C(=O)N1CCC[C@H]1CN(CCc1ccccc1)C(=O)c1cn2cccnc2n1)C1CCCCC1)N(C)C(=O)OC(C)(C)C. The van der Waals surface area contributed by atoms with Crippen LogP contribution in [0.15, 0.2) is 55.0 Å². The molecule has 4 amide bonds. The topological polar surface area (TPSA) is 129 Å². The number of likely N-dealkylation sites (N-methyl/N-ethyl adjacent to an activating group) is 1. The summed E-state index contributed by atoms with van der Waals surface area (Å²) in [4.78, 5) is 68.6. The van der Waals surface area contributed by atoms with Crippen molar-refractivity contribution in [2.75, 3.05) is 26.7 Å². The molecule has 1 aromatic carbocycles. The van der Waals surface area contributed by atoms with Crippen LogP contribution in [0.4, 0.5) is 4.79 Å². The van der Waals surface area contributed by atoms with E-state index in [2.05, 4.69) is 15.3 Å². The Morgan fingerprint density at radius 2 is 1.76 bits per heavy atom. The second kappa shape index (κ2) is 15.8. The Morgan fingerprint density at radius 1 is 1.02 bits per heavy atom. The van der Waals surface area contributed by atoms with Gasteiger partial charge in [-0.2, -0.15) is 0 Å². The van der Waals surface area contributed by atoms with Crippen molar-refractivity contribution in [3.05, 3.63) is 66.2 Å². The largest absolute Gasteiger partial charge is 0.444 e. The predicted molar refractivity (Wildman–Crippen MR) is 186 cm³/mol. The fourth-order valence-electron chi connectivity index (χ4n) is 6.82. The maximum absolute atomic E-state index is 14.5. The first-order chi connectivity index (χ1) is 23.4. The number of carbonyl (C=O) groups is 4. The molecule has 1 N–H and O–H groups in total. The van der Waals surface area contributed by atoms with E-state index in [1.165, 1.54) is 11.9 Å². The third-order valence-corrected chi connectivity index (χ3v) is 9.67. The van der Waals surface area contributed by atoms with Crippen LogP contribution in [0, 0.1) is 5.92 Å². The van der Waals surface area contributed by atoms with Gasteiger partial charge in [0, 0.05) is 51.3 Å². The molecular formula is C37H51N7O5. The zero-order chi connectivity index (χ0) is 35.1.